The Morgan fingerprint density at radius 1 is 1.11 bits per heavy atom. The standard InChI is InChI=1S/C16H21N3/c1-14-6-8-15(9-7-14)18-11-12-19(2)13-16-5-3-4-10-17-16/h3-10,18H,11-13H2,1-2H3. The maximum absolute atomic E-state index is 4.33. The molecular weight excluding hydrogens is 234 g/mol. The third-order valence-electron chi connectivity index (χ3n) is 3.03. The number of pyridine rings is 1. The number of hydrogen-bond acceptors (Lipinski definition) is 3. The SMILES string of the molecule is Cc1ccc(NCCN(C)Cc2ccccn2)cc1. The molecule has 1 heterocycles. The van der Waals surface area contributed by atoms with Gasteiger partial charge in [-0.1, -0.05) is 23.8 Å². The van der Waals surface area contributed by atoms with Crippen molar-refractivity contribution in [2.24, 2.45) is 0 Å². The van der Waals surface area contributed by atoms with Gasteiger partial charge >= 0.3 is 0 Å². The first-order chi connectivity index (χ1) is 9.24. The molecule has 0 aliphatic rings. The molecule has 0 spiro atoms. The molecule has 0 atom stereocenters. The van der Waals surface area contributed by atoms with E-state index in [2.05, 4.69) is 59.5 Å². The summed E-state index contributed by atoms with van der Waals surface area (Å²) in [6.45, 7) is 4.91. The normalized spacial score (nSPS) is 10.7. The van der Waals surface area contributed by atoms with Gasteiger partial charge in [0.2, 0.25) is 0 Å². The second-order valence-corrected chi connectivity index (χ2v) is 4.85. The van der Waals surface area contributed by atoms with Gasteiger partial charge in [0.25, 0.3) is 0 Å². The van der Waals surface area contributed by atoms with Crippen molar-refractivity contribution in [1.29, 1.82) is 0 Å². The number of rotatable bonds is 6. The van der Waals surface area contributed by atoms with Gasteiger partial charge < -0.3 is 5.32 Å². The molecule has 2 rings (SSSR count). The predicted molar refractivity (Wildman–Crippen MR) is 80.2 cm³/mol. The van der Waals surface area contributed by atoms with Crippen LogP contribution in [0.3, 0.4) is 0 Å². The zero-order valence-electron chi connectivity index (χ0n) is 11.6. The first-order valence-electron chi connectivity index (χ1n) is 6.63. The highest BCUT2D eigenvalue weighted by Gasteiger charge is 2.00. The zero-order chi connectivity index (χ0) is 13.5. The van der Waals surface area contributed by atoms with E-state index in [0.29, 0.717) is 0 Å². The number of benzene rings is 1. The van der Waals surface area contributed by atoms with Crippen molar-refractivity contribution in [2.45, 2.75) is 13.5 Å². The number of aromatic nitrogens is 1. The molecule has 0 saturated carbocycles. The molecule has 0 aliphatic heterocycles. The van der Waals surface area contributed by atoms with Crippen molar-refractivity contribution in [2.75, 3.05) is 25.5 Å². The molecule has 3 nitrogen and oxygen atoms in total. The number of likely N-dealkylation sites (N-methyl/N-ethyl adjacent to an activating group) is 1. The van der Waals surface area contributed by atoms with E-state index >= 15 is 0 Å². The molecule has 1 aromatic carbocycles. The Hall–Kier alpha value is -1.87. The van der Waals surface area contributed by atoms with Crippen molar-refractivity contribution >= 4 is 5.69 Å². The molecule has 0 fully saturated rings. The Morgan fingerprint density at radius 3 is 2.58 bits per heavy atom. The second kappa shape index (κ2) is 6.90. The van der Waals surface area contributed by atoms with Crippen LogP contribution < -0.4 is 5.32 Å². The Labute approximate surface area is 115 Å². The van der Waals surface area contributed by atoms with Gasteiger partial charge in [-0.3, -0.25) is 9.88 Å². The highest BCUT2D eigenvalue weighted by molar-refractivity contribution is 5.44. The lowest BCUT2D eigenvalue weighted by atomic mass is 10.2. The number of nitrogens with one attached hydrogen (secondary N) is 1. The molecule has 0 radical (unpaired) electrons. The molecule has 100 valence electrons. The minimum atomic E-state index is 0.885. The summed E-state index contributed by atoms with van der Waals surface area (Å²) in [5.41, 5.74) is 3.58. The lowest BCUT2D eigenvalue weighted by molar-refractivity contribution is 0.336. The zero-order valence-corrected chi connectivity index (χ0v) is 11.6. The number of aryl methyl sites for hydroxylation is 1. The summed E-state index contributed by atoms with van der Waals surface area (Å²) in [5.74, 6) is 0. The fraction of sp³-hybridized carbons (Fsp3) is 0.312. The van der Waals surface area contributed by atoms with E-state index in [0.717, 1.165) is 25.3 Å². The Bertz CT molecular complexity index is 479. The smallest absolute Gasteiger partial charge is 0.0543 e. The summed E-state index contributed by atoms with van der Waals surface area (Å²) in [5, 5.41) is 3.43. The Kier molecular flexibility index (Phi) is 4.93. The van der Waals surface area contributed by atoms with Crippen molar-refractivity contribution in [3.63, 3.8) is 0 Å². The third-order valence-corrected chi connectivity index (χ3v) is 3.03. The fourth-order valence-corrected chi connectivity index (χ4v) is 1.91. The summed E-state index contributed by atoms with van der Waals surface area (Å²) in [6, 6.07) is 14.5. The van der Waals surface area contributed by atoms with Gasteiger partial charge in [-0.2, -0.15) is 0 Å². The number of anilines is 1. The highest BCUT2D eigenvalue weighted by atomic mass is 15.1. The molecule has 0 amide bonds. The molecule has 0 aliphatic carbocycles. The highest BCUT2D eigenvalue weighted by Crippen LogP contribution is 2.08. The molecule has 2 aromatic rings. The van der Waals surface area contributed by atoms with E-state index in [-0.39, 0.29) is 0 Å². The van der Waals surface area contributed by atoms with Crippen LogP contribution in [-0.4, -0.2) is 30.0 Å². The van der Waals surface area contributed by atoms with Crippen LogP contribution >= 0.6 is 0 Å². The molecule has 3 heteroatoms. The Balaban J connectivity index is 1.72. The number of nitrogens with zero attached hydrogens (tertiary/aromatic N) is 2. The van der Waals surface area contributed by atoms with Crippen LogP contribution in [0.25, 0.3) is 0 Å². The lowest BCUT2D eigenvalue weighted by Crippen LogP contribution is -2.25. The van der Waals surface area contributed by atoms with Gasteiger partial charge in [0.15, 0.2) is 0 Å². The maximum Gasteiger partial charge on any atom is 0.0543 e. The molecular formula is C16H21N3. The maximum atomic E-state index is 4.33. The third kappa shape index (κ3) is 4.72. The predicted octanol–water partition coefficient (Wildman–Crippen LogP) is 2.93. The minimum absolute atomic E-state index is 0.885. The molecule has 1 N–H and O–H groups in total. The monoisotopic (exact) mass is 255 g/mol. The largest absolute Gasteiger partial charge is 0.384 e. The molecule has 0 saturated heterocycles. The van der Waals surface area contributed by atoms with Gasteiger partial charge in [-0.25, -0.2) is 0 Å². The van der Waals surface area contributed by atoms with Gasteiger partial charge in [0.05, 0.1) is 5.69 Å². The van der Waals surface area contributed by atoms with E-state index in [4.69, 9.17) is 0 Å². The van der Waals surface area contributed by atoms with Crippen molar-refractivity contribution < 1.29 is 0 Å². The van der Waals surface area contributed by atoms with Crippen molar-refractivity contribution in [1.82, 2.24) is 9.88 Å². The van der Waals surface area contributed by atoms with Gasteiger partial charge in [-0.15, -0.1) is 0 Å². The topological polar surface area (TPSA) is 28.2 Å². The van der Waals surface area contributed by atoms with Crippen molar-refractivity contribution in [3.05, 3.63) is 59.9 Å². The quantitative estimate of drug-likeness (QED) is 0.860. The van der Waals surface area contributed by atoms with E-state index < -0.39 is 0 Å². The molecule has 0 bridgehead atoms. The van der Waals surface area contributed by atoms with Crippen LogP contribution in [0.2, 0.25) is 0 Å². The van der Waals surface area contributed by atoms with Crippen LogP contribution in [0.15, 0.2) is 48.7 Å². The summed E-state index contributed by atoms with van der Waals surface area (Å²) in [6.07, 6.45) is 1.84. The second-order valence-electron chi connectivity index (χ2n) is 4.85. The summed E-state index contributed by atoms with van der Waals surface area (Å²) < 4.78 is 0. The minimum Gasteiger partial charge on any atom is -0.384 e. The van der Waals surface area contributed by atoms with E-state index in [1.165, 1.54) is 11.3 Å². The molecule has 19 heavy (non-hydrogen) atoms. The van der Waals surface area contributed by atoms with Crippen LogP contribution in [0, 0.1) is 6.92 Å². The summed E-state index contributed by atoms with van der Waals surface area (Å²) in [4.78, 5) is 6.60. The van der Waals surface area contributed by atoms with Crippen LogP contribution in [-0.2, 0) is 6.54 Å². The van der Waals surface area contributed by atoms with E-state index in [9.17, 15) is 0 Å². The number of hydrogen-bond donors (Lipinski definition) is 1. The molecule has 0 unspecified atom stereocenters. The first kappa shape index (κ1) is 13.6. The first-order valence-corrected chi connectivity index (χ1v) is 6.63. The average molecular weight is 255 g/mol. The lowest BCUT2D eigenvalue weighted by Gasteiger charge is -2.16. The average Bonchev–Trinajstić information content (AvgIpc) is 2.42. The fourth-order valence-electron chi connectivity index (χ4n) is 1.91. The van der Waals surface area contributed by atoms with E-state index in [1.807, 2.05) is 18.3 Å². The summed E-state index contributed by atoms with van der Waals surface area (Å²) in [7, 11) is 2.12. The van der Waals surface area contributed by atoms with Crippen LogP contribution in [0.5, 0.6) is 0 Å². The van der Waals surface area contributed by atoms with Gasteiger partial charge in [-0.05, 0) is 38.2 Å². The van der Waals surface area contributed by atoms with E-state index in [1.54, 1.807) is 0 Å². The van der Waals surface area contributed by atoms with Crippen LogP contribution in [0.1, 0.15) is 11.3 Å². The molecule has 1 aromatic heterocycles. The van der Waals surface area contributed by atoms with Crippen LogP contribution in [0.4, 0.5) is 5.69 Å². The Morgan fingerprint density at radius 2 is 1.89 bits per heavy atom. The van der Waals surface area contributed by atoms with Gasteiger partial charge in [0.1, 0.15) is 0 Å². The summed E-state index contributed by atoms with van der Waals surface area (Å²) >= 11 is 0. The van der Waals surface area contributed by atoms with Crippen molar-refractivity contribution in [3.8, 4) is 0 Å². The van der Waals surface area contributed by atoms with Gasteiger partial charge in [0, 0.05) is 31.5 Å².